The van der Waals surface area contributed by atoms with Gasteiger partial charge in [0, 0.05) is 23.2 Å². The van der Waals surface area contributed by atoms with Crippen LogP contribution in [0.5, 0.6) is 5.75 Å². The summed E-state index contributed by atoms with van der Waals surface area (Å²) in [5.74, 6) is 0.575. The summed E-state index contributed by atoms with van der Waals surface area (Å²) in [7, 11) is 3.21. The van der Waals surface area contributed by atoms with Crippen molar-refractivity contribution in [2.45, 2.75) is 13.0 Å². The molecule has 2 rings (SSSR count). The quantitative estimate of drug-likeness (QED) is 0.887. The van der Waals surface area contributed by atoms with Crippen LogP contribution in [0.2, 0.25) is 0 Å². The lowest BCUT2D eigenvalue weighted by Crippen LogP contribution is -2.35. The third-order valence-corrected chi connectivity index (χ3v) is 4.10. The highest BCUT2D eigenvalue weighted by Gasteiger charge is 2.18. The first-order valence-electron chi connectivity index (χ1n) is 6.22. The molecule has 0 saturated heterocycles. The van der Waals surface area contributed by atoms with Crippen LogP contribution in [0.3, 0.4) is 0 Å². The van der Waals surface area contributed by atoms with E-state index >= 15 is 0 Å². The lowest BCUT2D eigenvalue weighted by atomic mass is 10.2. The monoisotopic (exact) mass is 294 g/mol. The number of amides is 1. The number of anilines is 1. The normalized spacial score (nSPS) is 12.3. The van der Waals surface area contributed by atoms with Crippen molar-refractivity contribution in [3.05, 3.63) is 23.1 Å². The van der Waals surface area contributed by atoms with Crippen LogP contribution in [0.25, 0.3) is 10.1 Å². The Morgan fingerprint density at radius 3 is 2.85 bits per heavy atom. The van der Waals surface area contributed by atoms with Gasteiger partial charge in [-0.1, -0.05) is 0 Å². The molecule has 0 spiro atoms. The van der Waals surface area contributed by atoms with Crippen molar-refractivity contribution in [1.29, 1.82) is 0 Å². The Labute approximate surface area is 121 Å². The number of carbonyl (C=O) groups excluding carboxylic acids is 1. The number of rotatable bonds is 5. The minimum atomic E-state index is -0.174. The SMILES string of the molecule is COCC(C)NC(=O)c1sc2cc(OC)ccc2c1N. The Bertz CT molecular complexity index is 624. The Balaban J connectivity index is 2.30. The van der Waals surface area contributed by atoms with Gasteiger partial charge in [-0.3, -0.25) is 4.79 Å². The van der Waals surface area contributed by atoms with Crippen molar-refractivity contribution in [2.75, 3.05) is 26.6 Å². The van der Waals surface area contributed by atoms with Crippen molar-refractivity contribution < 1.29 is 14.3 Å². The molecule has 2 aromatic rings. The van der Waals surface area contributed by atoms with Crippen LogP contribution >= 0.6 is 11.3 Å². The molecule has 3 N–H and O–H groups in total. The van der Waals surface area contributed by atoms with E-state index in [1.165, 1.54) is 11.3 Å². The molecular formula is C14H18N2O3S. The molecular weight excluding hydrogens is 276 g/mol. The van der Waals surface area contributed by atoms with Crippen LogP contribution in [0.4, 0.5) is 5.69 Å². The lowest BCUT2D eigenvalue weighted by Gasteiger charge is -2.11. The smallest absolute Gasteiger partial charge is 0.263 e. The van der Waals surface area contributed by atoms with E-state index < -0.39 is 0 Å². The van der Waals surface area contributed by atoms with Crippen LogP contribution in [0.1, 0.15) is 16.6 Å². The van der Waals surface area contributed by atoms with E-state index in [0.717, 1.165) is 15.8 Å². The van der Waals surface area contributed by atoms with Gasteiger partial charge in [-0.05, 0) is 25.1 Å². The largest absolute Gasteiger partial charge is 0.497 e. The standard InChI is InChI=1S/C14H18N2O3S/c1-8(7-18-2)16-14(17)13-12(15)10-5-4-9(19-3)6-11(10)20-13/h4-6,8H,7,15H2,1-3H3,(H,16,17). The highest BCUT2D eigenvalue weighted by Crippen LogP contribution is 2.35. The van der Waals surface area contributed by atoms with Gasteiger partial charge >= 0.3 is 0 Å². The van der Waals surface area contributed by atoms with E-state index in [9.17, 15) is 4.79 Å². The minimum Gasteiger partial charge on any atom is -0.497 e. The van der Waals surface area contributed by atoms with Gasteiger partial charge in [0.1, 0.15) is 10.6 Å². The fourth-order valence-electron chi connectivity index (χ4n) is 1.97. The van der Waals surface area contributed by atoms with Crippen molar-refractivity contribution >= 4 is 33.0 Å². The number of thiophene rings is 1. The molecule has 20 heavy (non-hydrogen) atoms. The molecule has 0 aliphatic rings. The number of ether oxygens (including phenoxy) is 2. The van der Waals surface area contributed by atoms with Crippen LogP contribution < -0.4 is 15.8 Å². The molecule has 1 amide bonds. The number of carbonyl (C=O) groups is 1. The highest BCUT2D eigenvalue weighted by atomic mass is 32.1. The molecule has 0 saturated carbocycles. The number of nitrogen functional groups attached to an aromatic ring is 1. The fraction of sp³-hybridized carbons (Fsp3) is 0.357. The van der Waals surface area contributed by atoms with Crippen LogP contribution in [-0.4, -0.2) is 32.8 Å². The van der Waals surface area contributed by atoms with E-state index in [1.807, 2.05) is 25.1 Å². The van der Waals surface area contributed by atoms with Gasteiger partial charge in [-0.25, -0.2) is 0 Å². The summed E-state index contributed by atoms with van der Waals surface area (Å²) in [4.78, 5) is 12.7. The molecule has 1 unspecified atom stereocenters. The Kier molecular flexibility index (Phi) is 4.46. The van der Waals surface area contributed by atoms with E-state index in [4.69, 9.17) is 15.2 Å². The minimum absolute atomic E-state index is 0.0633. The summed E-state index contributed by atoms with van der Waals surface area (Å²) in [6, 6.07) is 5.52. The van der Waals surface area contributed by atoms with Crippen LogP contribution in [0.15, 0.2) is 18.2 Å². The van der Waals surface area contributed by atoms with Crippen molar-refractivity contribution in [2.24, 2.45) is 0 Å². The predicted molar refractivity (Wildman–Crippen MR) is 81.6 cm³/mol. The average Bonchev–Trinajstić information content (AvgIpc) is 2.75. The molecule has 1 aromatic heterocycles. The van der Waals surface area contributed by atoms with Crippen LogP contribution in [0, 0.1) is 0 Å². The average molecular weight is 294 g/mol. The van der Waals surface area contributed by atoms with E-state index in [-0.39, 0.29) is 11.9 Å². The molecule has 6 heteroatoms. The molecule has 5 nitrogen and oxygen atoms in total. The molecule has 1 heterocycles. The van der Waals surface area contributed by atoms with Gasteiger partial charge < -0.3 is 20.5 Å². The van der Waals surface area contributed by atoms with Gasteiger partial charge in [0.2, 0.25) is 0 Å². The third-order valence-electron chi connectivity index (χ3n) is 2.94. The third kappa shape index (κ3) is 2.86. The number of nitrogens with one attached hydrogen (secondary N) is 1. The van der Waals surface area contributed by atoms with E-state index in [1.54, 1.807) is 14.2 Å². The first-order valence-corrected chi connectivity index (χ1v) is 7.04. The van der Waals surface area contributed by atoms with Gasteiger partial charge in [0.25, 0.3) is 5.91 Å². The Morgan fingerprint density at radius 1 is 1.45 bits per heavy atom. The summed E-state index contributed by atoms with van der Waals surface area (Å²) >= 11 is 1.36. The second-order valence-corrected chi connectivity index (χ2v) is 5.59. The van der Waals surface area contributed by atoms with E-state index in [0.29, 0.717) is 17.2 Å². The molecule has 0 bridgehead atoms. The van der Waals surface area contributed by atoms with E-state index in [2.05, 4.69) is 5.32 Å². The topological polar surface area (TPSA) is 73.6 Å². The first-order chi connectivity index (χ1) is 9.56. The number of nitrogens with two attached hydrogens (primary N) is 1. The molecule has 0 fully saturated rings. The van der Waals surface area contributed by atoms with Crippen molar-refractivity contribution in [1.82, 2.24) is 5.32 Å². The van der Waals surface area contributed by atoms with Crippen LogP contribution in [-0.2, 0) is 4.74 Å². The zero-order chi connectivity index (χ0) is 14.7. The second kappa shape index (κ2) is 6.11. The number of methoxy groups -OCH3 is 2. The summed E-state index contributed by atoms with van der Waals surface area (Å²) in [6.07, 6.45) is 0. The lowest BCUT2D eigenvalue weighted by molar-refractivity contribution is 0.0910. The molecule has 108 valence electrons. The van der Waals surface area contributed by atoms with Crippen molar-refractivity contribution in [3.8, 4) is 5.75 Å². The molecule has 0 aliphatic heterocycles. The van der Waals surface area contributed by atoms with Gasteiger partial charge in [-0.2, -0.15) is 0 Å². The highest BCUT2D eigenvalue weighted by molar-refractivity contribution is 7.21. The fourth-order valence-corrected chi connectivity index (χ4v) is 3.03. The number of hydrogen-bond acceptors (Lipinski definition) is 5. The molecule has 0 radical (unpaired) electrons. The van der Waals surface area contributed by atoms with Gasteiger partial charge in [-0.15, -0.1) is 11.3 Å². The Hall–Kier alpha value is -1.79. The first kappa shape index (κ1) is 14.6. The zero-order valence-electron chi connectivity index (χ0n) is 11.7. The van der Waals surface area contributed by atoms with Gasteiger partial charge in [0.05, 0.1) is 19.4 Å². The molecule has 1 atom stereocenters. The number of hydrogen-bond donors (Lipinski definition) is 2. The summed E-state index contributed by atoms with van der Waals surface area (Å²) in [5, 5.41) is 3.74. The summed E-state index contributed by atoms with van der Waals surface area (Å²) in [5.41, 5.74) is 6.57. The predicted octanol–water partition coefficient (Wildman–Crippen LogP) is 2.26. The molecule has 0 aliphatic carbocycles. The maximum Gasteiger partial charge on any atom is 0.263 e. The number of benzene rings is 1. The maximum absolute atomic E-state index is 12.2. The summed E-state index contributed by atoms with van der Waals surface area (Å²) in [6.45, 7) is 2.35. The van der Waals surface area contributed by atoms with Gasteiger partial charge in [0.15, 0.2) is 0 Å². The summed E-state index contributed by atoms with van der Waals surface area (Å²) < 4.78 is 11.1. The molecule has 1 aromatic carbocycles. The number of fused-ring (bicyclic) bond motifs is 1. The second-order valence-electron chi connectivity index (χ2n) is 4.54. The Morgan fingerprint density at radius 2 is 2.20 bits per heavy atom. The maximum atomic E-state index is 12.2. The van der Waals surface area contributed by atoms with Crippen molar-refractivity contribution in [3.63, 3.8) is 0 Å². The zero-order valence-corrected chi connectivity index (χ0v) is 12.5.